The summed E-state index contributed by atoms with van der Waals surface area (Å²) in [4.78, 5) is 32.3. The van der Waals surface area contributed by atoms with Crippen LogP contribution in [-0.4, -0.2) is 40.8 Å². The highest BCUT2D eigenvalue weighted by atomic mass is 16.2. The van der Waals surface area contributed by atoms with Gasteiger partial charge in [-0.1, -0.05) is 48.5 Å². The molecule has 0 saturated carbocycles. The molecule has 164 valence electrons. The molecule has 1 atom stereocenters. The van der Waals surface area contributed by atoms with Gasteiger partial charge in [-0.15, -0.1) is 0 Å². The number of amides is 2. The number of nitrogens with one attached hydrogen (secondary N) is 1. The first kappa shape index (κ1) is 21.8. The molecule has 0 aliphatic carbocycles. The molecule has 1 saturated heterocycles. The molecule has 1 aliphatic rings. The number of hydrogen-bond acceptors (Lipinski definition) is 3. The predicted octanol–water partition coefficient (Wildman–Crippen LogP) is 4.35. The van der Waals surface area contributed by atoms with Crippen molar-refractivity contribution in [1.29, 1.82) is 0 Å². The molecule has 1 aromatic heterocycles. The normalized spacial score (nSPS) is 18.0. The zero-order valence-corrected chi connectivity index (χ0v) is 18.6. The SMILES string of the molecule is CC(C)NC(=O)[C@]1(Cc2ccc(-c3cccnc3)cc2)CCN(C(=O)c2ccccc2)C1. The van der Waals surface area contributed by atoms with Crippen molar-refractivity contribution in [3.05, 3.63) is 90.3 Å². The fourth-order valence-electron chi connectivity index (χ4n) is 4.37. The van der Waals surface area contributed by atoms with Crippen LogP contribution >= 0.6 is 0 Å². The van der Waals surface area contributed by atoms with Gasteiger partial charge in [0, 0.05) is 37.1 Å². The predicted molar refractivity (Wildman–Crippen MR) is 126 cm³/mol. The third kappa shape index (κ3) is 4.72. The highest BCUT2D eigenvalue weighted by molar-refractivity contribution is 5.95. The van der Waals surface area contributed by atoms with Gasteiger partial charge < -0.3 is 10.2 Å². The van der Waals surface area contributed by atoms with Gasteiger partial charge >= 0.3 is 0 Å². The highest BCUT2D eigenvalue weighted by Gasteiger charge is 2.46. The maximum Gasteiger partial charge on any atom is 0.253 e. The zero-order valence-electron chi connectivity index (χ0n) is 18.6. The lowest BCUT2D eigenvalue weighted by atomic mass is 9.79. The van der Waals surface area contributed by atoms with Crippen LogP contribution in [0.2, 0.25) is 0 Å². The molecule has 0 bridgehead atoms. The van der Waals surface area contributed by atoms with Crippen molar-refractivity contribution in [2.45, 2.75) is 32.7 Å². The minimum atomic E-state index is -0.634. The molecule has 0 spiro atoms. The molecule has 5 nitrogen and oxygen atoms in total. The van der Waals surface area contributed by atoms with Crippen molar-refractivity contribution in [2.24, 2.45) is 5.41 Å². The molecule has 4 rings (SSSR count). The van der Waals surface area contributed by atoms with Gasteiger partial charge in [-0.2, -0.15) is 0 Å². The highest BCUT2D eigenvalue weighted by Crippen LogP contribution is 2.36. The third-order valence-corrected chi connectivity index (χ3v) is 6.05. The van der Waals surface area contributed by atoms with Crippen molar-refractivity contribution in [2.75, 3.05) is 13.1 Å². The number of benzene rings is 2. The first-order valence-electron chi connectivity index (χ1n) is 11.1. The van der Waals surface area contributed by atoms with E-state index in [1.54, 1.807) is 6.20 Å². The van der Waals surface area contributed by atoms with Crippen LogP contribution in [0, 0.1) is 5.41 Å². The van der Waals surface area contributed by atoms with Gasteiger partial charge in [0.15, 0.2) is 0 Å². The Bertz CT molecular complexity index is 1070. The molecular weight excluding hydrogens is 398 g/mol. The largest absolute Gasteiger partial charge is 0.353 e. The molecule has 3 aromatic rings. The number of aromatic nitrogens is 1. The third-order valence-electron chi connectivity index (χ3n) is 6.05. The van der Waals surface area contributed by atoms with Crippen molar-refractivity contribution < 1.29 is 9.59 Å². The number of carbonyl (C=O) groups excluding carboxylic acids is 2. The van der Waals surface area contributed by atoms with Gasteiger partial charge in [0.1, 0.15) is 0 Å². The maximum absolute atomic E-state index is 13.3. The molecule has 1 aliphatic heterocycles. The Morgan fingerprint density at radius 1 is 1.00 bits per heavy atom. The lowest BCUT2D eigenvalue weighted by molar-refractivity contribution is -0.130. The standard InChI is InChI=1S/C27H29N3O2/c1-20(2)29-26(32)27(14-16-30(19-27)25(31)23-7-4-3-5-8-23)17-21-10-12-22(13-11-21)24-9-6-15-28-18-24/h3-13,15,18,20H,14,16-17,19H2,1-2H3,(H,29,32)/t27-/m0/s1. The summed E-state index contributed by atoms with van der Waals surface area (Å²) in [6, 6.07) is 21.6. The van der Waals surface area contributed by atoms with Crippen LogP contribution in [-0.2, 0) is 11.2 Å². The monoisotopic (exact) mass is 427 g/mol. The summed E-state index contributed by atoms with van der Waals surface area (Å²) in [6.45, 7) is 4.93. The average molecular weight is 428 g/mol. The van der Waals surface area contributed by atoms with E-state index in [0.29, 0.717) is 31.5 Å². The quantitative estimate of drug-likeness (QED) is 0.636. The molecule has 2 heterocycles. The van der Waals surface area contributed by atoms with Crippen molar-refractivity contribution in [3.63, 3.8) is 0 Å². The lowest BCUT2D eigenvalue weighted by Crippen LogP contribution is -2.47. The molecular formula is C27H29N3O2. The fraction of sp³-hybridized carbons (Fsp3) is 0.296. The van der Waals surface area contributed by atoms with Crippen LogP contribution in [0.1, 0.15) is 36.2 Å². The van der Waals surface area contributed by atoms with E-state index in [2.05, 4.69) is 34.6 Å². The topological polar surface area (TPSA) is 62.3 Å². The number of carbonyl (C=O) groups is 2. The van der Waals surface area contributed by atoms with E-state index < -0.39 is 5.41 Å². The first-order chi connectivity index (χ1) is 15.5. The van der Waals surface area contributed by atoms with Crippen LogP contribution in [0.3, 0.4) is 0 Å². The molecule has 5 heteroatoms. The Kier molecular flexibility index (Phi) is 6.35. The average Bonchev–Trinajstić information content (AvgIpc) is 3.25. The molecule has 0 radical (unpaired) electrons. The van der Waals surface area contributed by atoms with Crippen molar-refractivity contribution in [1.82, 2.24) is 15.2 Å². The van der Waals surface area contributed by atoms with Crippen LogP contribution in [0.4, 0.5) is 0 Å². The van der Waals surface area contributed by atoms with E-state index in [1.165, 1.54) is 0 Å². The number of nitrogens with zero attached hydrogens (tertiary/aromatic N) is 2. The lowest BCUT2D eigenvalue weighted by Gasteiger charge is -2.29. The first-order valence-corrected chi connectivity index (χ1v) is 11.1. The Balaban J connectivity index is 1.56. The smallest absolute Gasteiger partial charge is 0.253 e. The van der Waals surface area contributed by atoms with Crippen molar-refractivity contribution in [3.8, 4) is 11.1 Å². The minimum absolute atomic E-state index is 0.0169. The van der Waals surface area contributed by atoms with E-state index in [4.69, 9.17) is 0 Å². The van der Waals surface area contributed by atoms with Gasteiger partial charge in [0.25, 0.3) is 5.91 Å². The second kappa shape index (κ2) is 9.35. The van der Waals surface area contributed by atoms with E-state index in [1.807, 2.05) is 67.4 Å². The number of hydrogen-bond donors (Lipinski definition) is 1. The van der Waals surface area contributed by atoms with E-state index in [-0.39, 0.29) is 17.9 Å². The zero-order chi connectivity index (χ0) is 22.6. The Hall–Kier alpha value is -3.47. The summed E-state index contributed by atoms with van der Waals surface area (Å²) < 4.78 is 0. The van der Waals surface area contributed by atoms with Crippen LogP contribution in [0.25, 0.3) is 11.1 Å². The number of pyridine rings is 1. The minimum Gasteiger partial charge on any atom is -0.353 e. The van der Waals surface area contributed by atoms with Gasteiger partial charge in [0.05, 0.1) is 5.41 Å². The number of rotatable bonds is 6. The Morgan fingerprint density at radius 2 is 1.75 bits per heavy atom. The number of likely N-dealkylation sites (tertiary alicyclic amines) is 1. The summed E-state index contributed by atoms with van der Waals surface area (Å²) in [7, 11) is 0. The molecule has 0 unspecified atom stereocenters. The fourth-order valence-corrected chi connectivity index (χ4v) is 4.37. The molecule has 2 aromatic carbocycles. The van der Waals surface area contributed by atoms with E-state index in [9.17, 15) is 9.59 Å². The summed E-state index contributed by atoms with van der Waals surface area (Å²) in [5.74, 6) is 0.00365. The summed E-state index contributed by atoms with van der Waals surface area (Å²) in [5.41, 5.74) is 3.27. The van der Waals surface area contributed by atoms with Gasteiger partial charge in [0.2, 0.25) is 5.91 Å². The van der Waals surface area contributed by atoms with Gasteiger partial charge in [-0.25, -0.2) is 0 Å². The molecule has 2 amide bonds. The Morgan fingerprint density at radius 3 is 2.41 bits per heavy atom. The second-order valence-corrected chi connectivity index (χ2v) is 8.87. The van der Waals surface area contributed by atoms with Crippen LogP contribution in [0.15, 0.2) is 79.1 Å². The van der Waals surface area contributed by atoms with Gasteiger partial charge in [-0.3, -0.25) is 14.6 Å². The summed E-state index contributed by atoms with van der Waals surface area (Å²) in [5, 5.41) is 3.10. The molecule has 32 heavy (non-hydrogen) atoms. The van der Waals surface area contributed by atoms with Gasteiger partial charge in [-0.05, 0) is 61.6 Å². The van der Waals surface area contributed by atoms with E-state index in [0.717, 1.165) is 16.7 Å². The second-order valence-electron chi connectivity index (χ2n) is 8.87. The Labute approximate surface area is 189 Å². The van der Waals surface area contributed by atoms with Crippen molar-refractivity contribution >= 4 is 11.8 Å². The molecule has 1 N–H and O–H groups in total. The maximum atomic E-state index is 13.3. The van der Waals surface area contributed by atoms with Crippen LogP contribution < -0.4 is 5.32 Å². The summed E-state index contributed by atoms with van der Waals surface area (Å²) in [6.07, 6.45) is 4.85. The van der Waals surface area contributed by atoms with E-state index >= 15 is 0 Å². The molecule has 1 fully saturated rings. The summed E-state index contributed by atoms with van der Waals surface area (Å²) >= 11 is 0. The van der Waals surface area contributed by atoms with Crippen LogP contribution in [0.5, 0.6) is 0 Å².